The number of carbonyl (C=O) groups is 3. The third kappa shape index (κ3) is 3.45. The minimum atomic E-state index is -0.911. The maximum absolute atomic E-state index is 12.8. The van der Waals surface area contributed by atoms with Gasteiger partial charge in [0.15, 0.2) is 0 Å². The largest absolute Gasteiger partial charge is 0.335 e. The molecule has 1 aliphatic heterocycles. The number of anilines is 1. The van der Waals surface area contributed by atoms with Crippen molar-refractivity contribution in [2.24, 2.45) is 5.92 Å². The molecule has 0 bridgehead atoms. The SMILES string of the molecule is CCc1ccc(N2C(=O)NC(=O)C(Cc3ccc(C)cc3)C2=O)cc1. The second-order valence-corrected chi connectivity index (χ2v) is 6.23. The number of carbonyl (C=O) groups excluding carboxylic acids is 3. The molecule has 1 N–H and O–H groups in total. The normalized spacial score (nSPS) is 17.6. The van der Waals surface area contributed by atoms with Crippen molar-refractivity contribution in [3.05, 3.63) is 65.2 Å². The van der Waals surface area contributed by atoms with Crippen molar-refractivity contribution in [3.8, 4) is 0 Å². The van der Waals surface area contributed by atoms with E-state index in [0.717, 1.165) is 28.0 Å². The Labute approximate surface area is 146 Å². The quantitative estimate of drug-likeness (QED) is 0.873. The highest BCUT2D eigenvalue weighted by atomic mass is 16.2. The molecular weight excluding hydrogens is 316 g/mol. The lowest BCUT2D eigenvalue weighted by Crippen LogP contribution is -2.58. The van der Waals surface area contributed by atoms with Gasteiger partial charge in [-0.05, 0) is 43.0 Å². The first-order chi connectivity index (χ1) is 12.0. The van der Waals surface area contributed by atoms with E-state index in [4.69, 9.17) is 0 Å². The monoisotopic (exact) mass is 336 g/mol. The molecule has 4 amide bonds. The fourth-order valence-electron chi connectivity index (χ4n) is 2.88. The van der Waals surface area contributed by atoms with Gasteiger partial charge < -0.3 is 0 Å². The highest BCUT2D eigenvalue weighted by Gasteiger charge is 2.41. The van der Waals surface area contributed by atoms with E-state index in [2.05, 4.69) is 5.32 Å². The molecule has 1 fully saturated rings. The van der Waals surface area contributed by atoms with E-state index < -0.39 is 23.8 Å². The average Bonchev–Trinajstić information content (AvgIpc) is 2.60. The Bertz CT molecular complexity index is 810. The first kappa shape index (κ1) is 16.9. The Kier molecular flexibility index (Phi) is 4.65. The van der Waals surface area contributed by atoms with Crippen molar-refractivity contribution in [2.45, 2.75) is 26.7 Å². The number of hydrogen-bond donors (Lipinski definition) is 1. The molecule has 5 heteroatoms. The number of rotatable bonds is 4. The average molecular weight is 336 g/mol. The maximum Gasteiger partial charge on any atom is 0.335 e. The second-order valence-electron chi connectivity index (χ2n) is 6.23. The summed E-state index contributed by atoms with van der Waals surface area (Å²) in [6, 6.07) is 14.2. The summed E-state index contributed by atoms with van der Waals surface area (Å²) in [7, 11) is 0. The van der Waals surface area contributed by atoms with Crippen LogP contribution < -0.4 is 10.2 Å². The Morgan fingerprint density at radius 3 is 2.12 bits per heavy atom. The van der Waals surface area contributed by atoms with Gasteiger partial charge in [-0.2, -0.15) is 0 Å². The molecule has 25 heavy (non-hydrogen) atoms. The van der Waals surface area contributed by atoms with Gasteiger partial charge in [-0.3, -0.25) is 14.9 Å². The molecule has 2 aromatic carbocycles. The molecule has 1 unspecified atom stereocenters. The zero-order chi connectivity index (χ0) is 18.0. The summed E-state index contributed by atoms with van der Waals surface area (Å²) in [5, 5.41) is 2.30. The van der Waals surface area contributed by atoms with Crippen molar-refractivity contribution in [1.82, 2.24) is 5.32 Å². The Morgan fingerprint density at radius 2 is 1.52 bits per heavy atom. The molecule has 0 spiro atoms. The molecule has 0 aliphatic carbocycles. The van der Waals surface area contributed by atoms with E-state index in [1.165, 1.54) is 0 Å². The molecule has 5 nitrogen and oxygen atoms in total. The molecule has 1 atom stereocenters. The van der Waals surface area contributed by atoms with Crippen LogP contribution in [0.3, 0.4) is 0 Å². The molecule has 128 valence electrons. The molecule has 1 saturated heterocycles. The van der Waals surface area contributed by atoms with Gasteiger partial charge in [0, 0.05) is 0 Å². The van der Waals surface area contributed by atoms with Crippen LogP contribution in [0.1, 0.15) is 23.6 Å². The van der Waals surface area contributed by atoms with Crippen LogP contribution in [-0.4, -0.2) is 17.8 Å². The van der Waals surface area contributed by atoms with E-state index >= 15 is 0 Å². The zero-order valence-corrected chi connectivity index (χ0v) is 14.3. The van der Waals surface area contributed by atoms with Gasteiger partial charge in [0.25, 0.3) is 0 Å². The van der Waals surface area contributed by atoms with E-state index in [9.17, 15) is 14.4 Å². The number of urea groups is 1. The molecule has 1 aliphatic rings. The number of barbiturate groups is 1. The number of nitrogens with zero attached hydrogens (tertiary/aromatic N) is 1. The molecule has 0 saturated carbocycles. The number of imide groups is 2. The van der Waals surface area contributed by atoms with Crippen molar-refractivity contribution < 1.29 is 14.4 Å². The summed E-state index contributed by atoms with van der Waals surface area (Å²) in [5.41, 5.74) is 3.58. The molecular formula is C20H20N2O3. The third-order valence-corrected chi connectivity index (χ3v) is 4.43. The smallest absolute Gasteiger partial charge is 0.277 e. The fourth-order valence-corrected chi connectivity index (χ4v) is 2.88. The van der Waals surface area contributed by atoms with Crippen LogP contribution in [0.5, 0.6) is 0 Å². The minimum absolute atomic E-state index is 0.266. The molecule has 1 heterocycles. The lowest BCUT2D eigenvalue weighted by Gasteiger charge is -2.30. The van der Waals surface area contributed by atoms with Crippen molar-refractivity contribution >= 4 is 23.5 Å². The summed E-state index contributed by atoms with van der Waals surface area (Å²) in [5.74, 6) is -1.94. The van der Waals surface area contributed by atoms with E-state index in [1.54, 1.807) is 12.1 Å². The third-order valence-electron chi connectivity index (χ3n) is 4.43. The minimum Gasteiger partial charge on any atom is -0.277 e. The van der Waals surface area contributed by atoms with Crippen LogP contribution in [0.15, 0.2) is 48.5 Å². The summed E-state index contributed by atoms with van der Waals surface area (Å²) < 4.78 is 0. The van der Waals surface area contributed by atoms with E-state index in [1.807, 2.05) is 50.2 Å². The van der Waals surface area contributed by atoms with Gasteiger partial charge in [-0.15, -0.1) is 0 Å². The van der Waals surface area contributed by atoms with Gasteiger partial charge in [0.05, 0.1) is 5.69 Å². The summed E-state index contributed by atoms with van der Waals surface area (Å²) in [4.78, 5) is 38.2. The summed E-state index contributed by atoms with van der Waals surface area (Å²) in [6.07, 6.45) is 1.14. The van der Waals surface area contributed by atoms with Gasteiger partial charge in [-0.25, -0.2) is 9.69 Å². The lowest BCUT2D eigenvalue weighted by molar-refractivity contribution is -0.134. The van der Waals surface area contributed by atoms with Crippen LogP contribution in [0.25, 0.3) is 0 Å². The number of aryl methyl sites for hydroxylation is 2. The summed E-state index contributed by atoms with van der Waals surface area (Å²) >= 11 is 0. The highest BCUT2D eigenvalue weighted by molar-refractivity contribution is 6.27. The molecule has 2 aromatic rings. The number of amides is 4. The van der Waals surface area contributed by atoms with E-state index in [-0.39, 0.29) is 6.42 Å². The predicted molar refractivity (Wildman–Crippen MR) is 95.2 cm³/mol. The molecule has 0 aromatic heterocycles. The maximum atomic E-state index is 12.8. The lowest BCUT2D eigenvalue weighted by atomic mass is 9.94. The van der Waals surface area contributed by atoms with Gasteiger partial charge in [-0.1, -0.05) is 48.9 Å². The van der Waals surface area contributed by atoms with Crippen molar-refractivity contribution in [2.75, 3.05) is 4.90 Å². The second kappa shape index (κ2) is 6.89. The first-order valence-electron chi connectivity index (χ1n) is 8.33. The van der Waals surface area contributed by atoms with E-state index in [0.29, 0.717) is 5.69 Å². The van der Waals surface area contributed by atoms with Gasteiger partial charge in [0.1, 0.15) is 5.92 Å². The van der Waals surface area contributed by atoms with Crippen LogP contribution >= 0.6 is 0 Å². The molecule has 3 rings (SSSR count). The van der Waals surface area contributed by atoms with Crippen LogP contribution in [0.2, 0.25) is 0 Å². The van der Waals surface area contributed by atoms with Crippen molar-refractivity contribution in [3.63, 3.8) is 0 Å². The highest BCUT2D eigenvalue weighted by Crippen LogP contribution is 2.23. The number of hydrogen-bond acceptors (Lipinski definition) is 3. The first-order valence-corrected chi connectivity index (χ1v) is 8.33. The summed E-state index contributed by atoms with van der Waals surface area (Å²) in [6.45, 7) is 4.01. The standard InChI is InChI=1S/C20H20N2O3/c1-3-14-8-10-16(11-9-14)22-19(24)17(18(23)21-20(22)25)12-15-6-4-13(2)5-7-15/h4-11,17H,3,12H2,1-2H3,(H,21,23,25). The Hall–Kier alpha value is -2.95. The molecule has 0 radical (unpaired) electrons. The Morgan fingerprint density at radius 1 is 0.920 bits per heavy atom. The number of benzene rings is 2. The Balaban J connectivity index is 1.86. The fraction of sp³-hybridized carbons (Fsp3) is 0.250. The van der Waals surface area contributed by atoms with Crippen LogP contribution in [0, 0.1) is 12.8 Å². The number of nitrogens with one attached hydrogen (secondary N) is 1. The predicted octanol–water partition coefficient (Wildman–Crippen LogP) is 3.00. The van der Waals surface area contributed by atoms with Crippen molar-refractivity contribution in [1.29, 1.82) is 0 Å². The topological polar surface area (TPSA) is 66.5 Å². The van der Waals surface area contributed by atoms with Gasteiger partial charge >= 0.3 is 6.03 Å². The zero-order valence-electron chi connectivity index (χ0n) is 14.3. The van der Waals surface area contributed by atoms with Gasteiger partial charge in [0.2, 0.25) is 11.8 Å². The van der Waals surface area contributed by atoms with Crippen LogP contribution in [0.4, 0.5) is 10.5 Å². The van der Waals surface area contributed by atoms with Crippen LogP contribution in [-0.2, 0) is 22.4 Å².